The highest BCUT2D eigenvalue weighted by molar-refractivity contribution is 5.93. The molecule has 4 nitrogen and oxygen atoms in total. The second kappa shape index (κ2) is 5.85. The number of benzene rings is 2. The zero-order chi connectivity index (χ0) is 14.5. The van der Waals surface area contributed by atoms with E-state index in [9.17, 15) is 14.3 Å². The van der Waals surface area contributed by atoms with Crippen LogP contribution in [0.4, 0.5) is 10.1 Å². The van der Waals surface area contributed by atoms with Crippen LogP contribution in [0.5, 0.6) is 5.75 Å². The Kier molecular flexibility index (Phi) is 3.96. The van der Waals surface area contributed by atoms with Crippen molar-refractivity contribution in [1.29, 1.82) is 5.26 Å². The van der Waals surface area contributed by atoms with E-state index in [0.29, 0.717) is 5.56 Å². The first kappa shape index (κ1) is 13.6. The Labute approximate surface area is 115 Å². The van der Waals surface area contributed by atoms with Crippen molar-refractivity contribution >= 4 is 11.6 Å². The maximum Gasteiger partial charge on any atom is 0.228 e. The van der Waals surface area contributed by atoms with Gasteiger partial charge in [-0.25, -0.2) is 4.39 Å². The Balaban J connectivity index is 2.11. The van der Waals surface area contributed by atoms with Crippen molar-refractivity contribution < 1.29 is 14.3 Å². The number of phenolic OH excluding ortho intramolecular Hbond substituents is 1. The summed E-state index contributed by atoms with van der Waals surface area (Å²) in [6.45, 7) is 0. The molecule has 0 saturated heterocycles. The summed E-state index contributed by atoms with van der Waals surface area (Å²) in [5.41, 5.74) is 0.969. The first-order chi connectivity index (χ1) is 9.58. The van der Waals surface area contributed by atoms with Gasteiger partial charge in [0.05, 0.1) is 17.7 Å². The molecule has 0 spiro atoms. The molecule has 2 aromatic rings. The minimum Gasteiger partial charge on any atom is -0.508 e. The molecular formula is C15H11FN2O2. The second-order valence-electron chi connectivity index (χ2n) is 4.20. The van der Waals surface area contributed by atoms with Crippen molar-refractivity contribution in [2.45, 2.75) is 6.42 Å². The van der Waals surface area contributed by atoms with Crippen LogP contribution in [0.3, 0.4) is 0 Å². The zero-order valence-electron chi connectivity index (χ0n) is 10.4. The summed E-state index contributed by atoms with van der Waals surface area (Å²) < 4.78 is 13.0. The number of carbonyl (C=O) groups is 1. The number of phenols is 1. The molecule has 0 aromatic heterocycles. The summed E-state index contributed by atoms with van der Waals surface area (Å²) in [5.74, 6) is -0.805. The third kappa shape index (κ3) is 3.33. The minimum atomic E-state index is -0.535. The van der Waals surface area contributed by atoms with Crippen LogP contribution in [-0.4, -0.2) is 11.0 Å². The van der Waals surface area contributed by atoms with E-state index in [2.05, 4.69) is 5.32 Å². The molecule has 0 aliphatic heterocycles. The minimum absolute atomic E-state index is 0.0522. The number of nitrogens with one attached hydrogen (secondary N) is 1. The quantitative estimate of drug-likeness (QED) is 0.900. The van der Waals surface area contributed by atoms with Gasteiger partial charge in [-0.1, -0.05) is 12.1 Å². The van der Waals surface area contributed by atoms with Crippen LogP contribution in [0.1, 0.15) is 11.1 Å². The molecule has 2 rings (SSSR count). The SMILES string of the molecule is N#Cc1cc(F)ccc1NC(=O)Cc1cccc(O)c1. The van der Waals surface area contributed by atoms with Crippen LogP contribution in [0.15, 0.2) is 42.5 Å². The van der Waals surface area contributed by atoms with E-state index in [-0.39, 0.29) is 29.3 Å². The highest BCUT2D eigenvalue weighted by atomic mass is 19.1. The van der Waals surface area contributed by atoms with E-state index in [0.717, 1.165) is 6.07 Å². The fraction of sp³-hybridized carbons (Fsp3) is 0.0667. The van der Waals surface area contributed by atoms with Gasteiger partial charge >= 0.3 is 0 Å². The number of halogens is 1. The average Bonchev–Trinajstić information content (AvgIpc) is 2.40. The van der Waals surface area contributed by atoms with Crippen LogP contribution >= 0.6 is 0 Å². The Morgan fingerprint density at radius 2 is 2.10 bits per heavy atom. The van der Waals surface area contributed by atoms with Crippen molar-refractivity contribution in [2.75, 3.05) is 5.32 Å². The van der Waals surface area contributed by atoms with Gasteiger partial charge in [0.2, 0.25) is 5.91 Å². The number of aromatic hydroxyl groups is 1. The highest BCUT2D eigenvalue weighted by Gasteiger charge is 2.09. The van der Waals surface area contributed by atoms with Crippen LogP contribution in [0.25, 0.3) is 0 Å². The van der Waals surface area contributed by atoms with Crippen molar-refractivity contribution in [2.24, 2.45) is 0 Å². The standard InChI is InChI=1S/C15H11FN2O2/c16-12-4-5-14(11(8-12)9-17)18-15(20)7-10-2-1-3-13(19)6-10/h1-6,8,19H,7H2,(H,18,20). The number of amides is 1. The molecule has 0 atom stereocenters. The third-order valence-electron chi connectivity index (χ3n) is 2.65. The van der Waals surface area contributed by atoms with Gasteiger partial charge in [0.25, 0.3) is 0 Å². The van der Waals surface area contributed by atoms with Crippen molar-refractivity contribution in [3.8, 4) is 11.8 Å². The number of carbonyl (C=O) groups excluding carboxylic acids is 1. The summed E-state index contributed by atoms with van der Waals surface area (Å²) in [5, 5.41) is 20.7. The van der Waals surface area contributed by atoms with Crippen molar-refractivity contribution in [3.05, 3.63) is 59.4 Å². The molecule has 0 heterocycles. The topological polar surface area (TPSA) is 73.1 Å². The Morgan fingerprint density at radius 3 is 2.80 bits per heavy atom. The lowest BCUT2D eigenvalue weighted by molar-refractivity contribution is -0.115. The number of anilines is 1. The Hall–Kier alpha value is -2.87. The fourth-order valence-electron chi connectivity index (χ4n) is 1.76. The van der Waals surface area contributed by atoms with Crippen molar-refractivity contribution in [3.63, 3.8) is 0 Å². The number of hydrogen-bond donors (Lipinski definition) is 2. The van der Waals surface area contributed by atoms with E-state index in [1.165, 1.54) is 24.3 Å². The summed E-state index contributed by atoms with van der Waals surface area (Å²) in [6.07, 6.45) is 0.0522. The van der Waals surface area contributed by atoms with Crippen LogP contribution in [0.2, 0.25) is 0 Å². The molecule has 2 aromatic carbocycles. The summed E-state index contributed by atoms with van der Waals surface area (Å²) in [6, 6.07) is 11.7. The Bertz CT molecular complexity index is 693. The Morgan fingerprint density at radius 1 is 1.30 bits per heavy atom. The van der Waals surface area contributed by atoms with Crippen molar-refractivity contribution in [1.82, 2.24) is 0 Å². The summed E-state index contributed by atoms with van der Waals surface area (Å²) in [4.78, 5) is 11.9. The summed E-state index contributed by atoms with van der Waals surface area (Å²) >= 11 is 0. The molecule has 0 unspecified atom stereocenters. The average molecular weight is 270 g/mol. The molecule has 0 aliphatic carbocycles. The van der Waals surface area contributed by atoms with E-state index in [1.54, 1.807) is 12.1 Å². The van der Waals surface area contributed by atoms with E-state index in [1.807, 2.05) is 6.07 Å². The van der Waals surface area contributed by atoms with Gasteiger partial charge in [-0.3, -0.25) is 4.79 Å². The lowest BCUT2D eigenvalue weighted by Crippen LogP contribution is -2.15. The molecule has 0 saturated carbocycles. The zero-order valence-corrected chi connectivity index (χ0v) is 10.4. The smallest absolute Gasteiger partial charge is 0.228 e. The predicted octanol–water partition coefficient (Wildman–Crippen LogP) is 2.58. The molecular weight excluding hydrogens is 259 g/mol. The van der Waals surface area contributed by atoms with Gasteiger partial charge in [0.15, 0.2) is 0 Å². The molecule has 100 valence electrons. The van der Waals surface area contributed by atoms with Gasteiger partial charge in [-0.15, -0.1) is 0 Å². The first-order valence-electron chi connectivity index (χ1n) is 5.86. The van der Waals surface area contributed by atoms with E-state index < -0.39 is 5.82 Å². The first-order valence-corrected chi connectivity index (χ1v) is 5.86. The van der Waals surface area contributed by atoms with Gasteiger partial charge in [-0.05, 0) is 35.9 Å². The third-order valence-corrected chi connectivity index (χ3v) is 2.65. The maximum absolute atomic E-state index is 13.0. The highest BCUT2D eigenvalue weighted by Crippen LogP contribution is 2.17. The summed E-state index contributed by atoms with van der Waals surface area (Å²) in [7, 11) is 0. The molecule has 1 amide bonds. The predicted molar refractivity (Wildman–Crippen MR) is 71.6 cm³/mol. The molecule has 5 heteroatoms. The largest absolute Gasteiger partial charge is 0.508 e. The molecule has 0 bridgehead atoms. The van der Waals surface area contributed by atoms with Crippen LogP contribution < -0.4 is 5.32 Å². The molecule has 0 fully saturated rings. The van der Waals surface area contributed by atoms with E-state index >= 15 is 0 Å². The number of rotatable bonds is 3. The molecule has 2 N–H and O–H groups in total. The molecule has 0 aliphatic rings. The normalized spacial score (nSPS) is 9.80. The monoisotopic (exact) mass is 270 g/mol. The lowest BCUT2D eigenvalue weighted by atomic mass is 10.1. The number of hydrogen-bond acceptors (Lipinski definition) is 3. The van der Waals surface area contributed by atoms with E-state index in [4.69, 9.17) is 5.26 Å². The van der Waals surface area contributed by atoms with Gasteiger partial charge in [0.1, 0.15) is 17.6 Å². The lowest BCUT2D eigenvalue weighted by Gasteiger charge is -2.07. The maximum atomic E-state index is 13.0. The van der Waals surface area contributed by atoms with Gasteiger partial charge in [0, 0.05) is 0 Å². The van der Waals surface area contributed by atoms with Gasteiger partial charge in [-0.2, -0.15) is 5.26 Å². The van der Waals surface area contributed by atoms with Gasteiger partial charge < -0.3 is 10.4 Å². The van der Waals surface area contributed by atoms with Crippen LogP contribution in [-0.2, 0) is 11.2 Å². The molecule has 20 heavy (non-hydrogen) atoms. The fourth-order valence-corrected chi connectivity index (χ4v) is 1.76. The molecule has 0 radical (unpaired) electrons. The number of nitrogens with zero attached hydrogens (tertiary/aromatic N) is 1. The van der Waals surface area contributed by atoms with Crippen LogP contribution in [0, 0.1) is 17.1 Å². The second-order valence-corrected chi connectivity index (χ2v) is 4.20. The number of nitriles is 1.